The molecule has 1 fully saturated rings. The summed E-state index contributed by atoms with van der Waals surface area (Å²) in [5.41, 5.74) is 3.15. The van der Waals surface area contributed by atoms with E-state index in [0.29, 0.717) is 48.9 Å². The number of carbonyl (C=O) groups excluding carboxylic acids is 2. The van der Waals surface area contributed by atoms with Crippen molar-refractivity contribution in [3.8, 4) is 5.75 Å². The first-order chi connectivity index (χ1) is 17.5. The van der Waals surface area contributed by atoms with Gasteiger partial charge in [-0.25, -0.2) is 0 Å². The average molecular weight is 504 g/mol. The number of nitrogens with zero attached hydrogens (tertiary/aromatic N) is 4. The van der Waals surface area contributed by atoms with Crippen LogP contribution in [-0.4, -0.2) is 64.1 Å². The highest BCUT2D eigenvalue weighted by molar-refractivity contribution is 8.27. The van der Waals surface area contributed by atoms with Gasteiger partial charge in [-0.2, -0.15) is 15.1 Å². The molecule has 2 aromatic rings. The number of morpholine rings is 1. The van der Waals surface area contributed by atoms with Gasteiger partial charge in [0.2, 0.25) is 11.1 Å². The Bertz CT molecular complexity index is 1300. The van der Waals surface area contributed by atoms with E-state index in [9.17, 15) is 9.59 Å². The summed E-state index contributed by atoms with van der Waals surface area (Å²) in [6.45, 7) is 4.66. The van der Waals surface area contributed by atoms with Gasteiger partial charge >= 0.3 is 0 Å². The van der Waals surface area contributed by atoms with Crippen LogP contribution in [0, 0.1) is 12.3 Å². The van der Waals surface area contributed by atoms with E-state index >= 15 is 0 Å². The number of amidine groups is 2. The summed E-state index contributed by atoms with van der Waals surface area (Å²) in [5, 5.41) is 15.1. The Kier molecular flexibility index (Phi) is 6.97. The SMILES string of the molecule is Cc1cccc(COc2ccc(C=C3C(=N)N4N=C(CC(=O)N5CCOCC5)SC4=NC3=O)cc2)c1. The van der Waals surface area contributed by atoms with Crippen LogP contribution in [0.15, 0.2) is 64.2 Å². The molecule has 0 aromatic heterocycles. The minimum absolute atomic E-state index is 0.0525. The maximum Gasteiger partial charge on any atom is 0.283 e. The normalized spacial score (nSPS) is 18.8. The Labute approximate surface area is 213 Å². The number of aryl methyl sites for hydroxylation is 1. The van der Waals surface area contributed by atoms with Crippen LogP contribution in [0.25, 0.3) is 6.08 Å². The molecule has 10 heteroatoms. The lowest BCUT2D eigenvalue weighted by Crippen LogP contribution is -2.41. The maximum atomic E-state index is 12.7. The van der Waals surface area contributed by atoms with Crippen LogP contribution >= 0.6 is 11.8 Å². The van der Waals surface area contributed by atoms with E-state index < -0.39 is 5.91 Å². The van der Waals surface area contributed by atoms with Gasteiger partial charge in [0.05, 0.1) is 25.2 Å². The van der Waals surface area contributed by atoms with Crippen molar-refractivity contribution in [1.29, 1.82) is 5.41 Å². The Balaban J connectivity index is 1.24. The average Bonchev–Trinajstić information content (AvgIpc) is 3.29. The second kappa shape index (κ2) is 10.5. The Morgan fingerprint density at radius 2 is 1.97 bits per heavy atom. The van der Waals surface area contributed by atoms with E-state index in [1.165, 1.54) is 10.6 Å². The Hall–Kier alpha value is -3.76. The van der Waals surface area contributed by atoms with Crippen LogP contribution in [0.2, 0.25) is 0 Å². The number of hydrogen-bond donors (Lipinski definition) is 1. The lowest BCUT2D eigenvalue weighted by atomic mass is 10.1. The highest BCUT2D eigenvalue weighted by Gasteiger charge is 2.36. The van der Waals surface area contributed by atoms with Gasteiger partial charge in [-0.1, -0.05) is 42.0 Å². The van der Waals surface area contributed by atoms with Crippen molar-refractivity contribution in [3.05, 3.63) is 70.8 Å². The molecule has 0 bridgehead atoms. The highest BCUT2D eigenvalue weighted by atomic mass is 32.2. The topological polar surface area (TPSA) is 108 Å². The molecule has 184 valence electrons. The molecule has 5 rings (SSSR count). The lowest BCUT2D eigenvalue weighted by Gasteiger charge is -2.26. The third-order valence-electron chi connectivity index (χ3n) is 5.84. The monoisotopic (exact) mass is 503 g/mol. The quantitative estimate of drug-likeness (QED) is 0.605. The van der Waals surface area contributed by atoms with Gasteiger partial charge in [-0.15, -0.1) is 0 Å². The summed E-state index contributed by atoms with van der Waals surface area (Å²) < 4.78 is 11.1. The van der Waals surface area contributed by atoms with Gasteiger partial charge in [0.15, 0.2) is 5.84 Å². The molecule has 3 aliphatic rings. The van der Waals surface area contributed by atoms with E-state index in [1.54, 1.807) is 11.0 Å². The fraction of sp³-hybridized carbons (Fsp3) is 0.269. The molecule has 36 heavy (non-hydrogen) atoms. The molecule has 0 atom stereocenters. The molecule has 2 aromatic carbocycles. The Morgan fingerprint density at radius 1 is 1.19 bits per heavy atom. The number of benzene rings is 2. The summed E-state index contributed by atoms with van der Waals surface area (Å²) in [6, 6.07) is 15.4. The molecule has 1 saturated heterocycles. The van der Waals surface area contributed by atoms with Crippen molar-refractivity contribution in [2.24, 2.45) is 10.1 Å². The van der Waals surface area contributed by atoms with Crippen molar-refractivity contribution in [3.63, 3.8) is 0 Å². The minimum atomic E-state index is -0.505. The number of ether oxygens (including phenoxy) is 2. The number of amides is 2. The van der Waals surface area contributed by atoms with Crippen molar-refractivity contribution < 1.29 is 19.1 Å². The molecule has 0 unspecified atom stereocenters. The molecule has 2 amide bonds. The molecular weight excluding hydrogens is 478 g/mol. The lowest BCUT2D eigenvalue weighted by molar-refractivity contribution is -0.133. The molecule has 0 radical (unpaired) electrons. The van der Waals surface area contributed by atoms with Crippen molar-refractivity contribution in [1.82, 2.24) is 9.91 Å². The van der Waals surface area contributed by atoms with Crippen LogP contribution in [-0.2, 0) is 20.9 Å². The fourth-order valence-corrected chi connectivity index (χ4v) is 4.83. The number of thioether (sulfide) groups is 1. The predicted octanol–water partition coefficient (Wildman–Crippen LogP) is 3.44. The molecule has 0 saturated carbocycles. The van der Waals surface area contributed by atoms with E-state index in [-0.39, 0.29) is 23.7 Å². The first-order valence-corrected chi connectivity index (χ1v) is 12.4. The molecular formula is C26H25N5O4S. The van der Waals surface area contributed by atoms with Crippen molar-refractivity contribution in [2.75, 3.05) is 26.3 Å². The second-order valence-electron chi connectivity index (χ2n) is 8.53. The Morgan fingerprint density at radius 3 is 2.72 bits per heavy atom. The highest BCUT2D eigenvalue weighted by Crippen LogP contribution is 2.30. The van der Waals surface area contributed by atoms with Crippen LogP contribution in [0.5, 0.6) is 5.75 Å². The number of aliphatic imine (C=N–C) groups is 1. The summed E-state index contributed by atoms with van der Waals surface area (Å²) in [7, 11) is 0. The van der Waals surface area contributed by atoms with Crippen molar-refractivity contribution >= 4 is 45.7 Å². The van der Waals surface area contributed by atoms with Crippen molar-refractivity contribution in [2.45, 2.75) is 20.0 Å². The van der Waals surface area contributed by atoms with Gasteiger partial charge < -0.3 is 14.4 Å². The first-order valence-electron chi connectivity index (χ1n) is 11.6. The number of hydrogen-bond acceptors (Lipinski definition) is 7. The third kappa shape index (κ3) is 5.39. The molecule has 3 heterocycles. The van der Waals surface area contributed by atoms with E-state index in [0.717, 1.165) is 22.9 Å². The van der Waals surface area contributed by atoms with Gasteiger partial charge in [0, 0.05) is 13.1 Å². The van der Waals surface area contributed by atoms with Crippen LogP contribution < -0.4 is 4.74 Å². The molecule has 0 aliphatic carbocycles. The molecule has 0 spiro atoms. The van der Waals surface area contributed by atoms with E-state index in [2.05, 4.69) is 16.2 Å². The van der Waals surface area contributed by atoms with Gasteiger partial charge in [0.25, 0.3) is 5.91 Å². The molecule has 1 N–H and O–H groups in total. The summed E-state index contributed by atoms with van der Waals surface area (Å²) in [4.78, 5) is 31.1. The van der Waals surface area contributed by atoms with Crippen LogP contribution in [0.3, 0.4) is 0 Å². The number of nitrogens with one attached hydrogen (secondary N) is 1. The summed E-state index contributed by atoms with van der Waals surface area (Å²) >= 11 is 1.15. The smallest absolute Gasteiger partial charge is 0.283 e. The van der Waals surface area contributed by atoms with Gasteiger partial charge in [0.1, 0.15) is 17.4 Å². The molecule has 9 nitrogen and oxygen atoms in total. The van der Waals surface area contributed by atoms with E-state index in [4.69, 9.17) is 14.9 Å². The van der Waals surface area contributed by atoms with Gasteiger partial charge in [-0.3, -0.25) is 15.0 Å². The largest absolute Gasteiger partial charge is 0.489 e. The fourth-order valence-electron chi connectivity index (χ4n) is 3.95. The summed E-state index contributed by atoms with van der Waals surface area (Å²) in [6.07, 6.45) is 1.72. The minimum Gasteiger partial charge on any atom is -0.489 e. The maximum absolute atomic E-state index is 12.7. The van der Waals surface area contributed by atoms with Crippen LogP contribution in [0.4, 0.5) is 0 Å². The standard InChI is InChI=1S/C26H25N5O4S/c1-17-3-2-4-19(13-17)16-35-20-7-5-18(6-8-20)14-21-24(27)31-26(28-25(21)33)36-22(29-31)15-23(32)30-9-11-34-12-10-30/h2-8,13-14,27H,9-12,15-16H2,1H3. The molecule has 3 aliphatic heterocycles. The number of fused-ring (bicyclic) bond motifs is 1. The van der Waals surface area contributed by atoms with Crippen LogP contribution in [0.1, 0.15) is 23.1 Å². The number of hydrazone groups is 1. The zero-order valence-corrected chi connectivity index (χ0v) is 20.6. The zero-order chi connectivity index (χ0) is 25.1. The number of rotatable bonds is 6. The van der Waals surface area contributed by atoms with E-state index in [1.807, 2.05) is 49.4 Å². The second-order valence-corrected chi connectivity index (χ2v) is 9.57. The summed E-state index contributed by atoms with van der Waals surface area (Å²) in [5.74, 6) is 0.0861. The first kappa shape index (κ1) is 24.0. The zero-order valence-electron chi connectivity index (χ0n) is 19.8. The third-order valence-corrected chi connectivity index (χ3v) is 6.75. The van der Waals surface area contributed by atoms with Gasteiger partial charge in [-0.05, 0) is 48.0 Å². The predicted molar refractivity (Wildman–Crippen MR) is 139 cm³/mol. The number of carbonyl (C=O) groups is 2.